The zero-order valence-electron chi connectivity index (χ0n) is 16.3. The lowest BCUT2D eigenvalue weighted by Crippen LogP contribution is -2.36. The molecule has 0 saturated carbocycles. The maximum absolute atomic E-state index is 12.4. The van der Waals surface area contributed by atoms with Gasteiger partial charge in [-0.3, -0.25) is 4.79 Å². The van der Waals surface area contributed by atoms with Gasteiger partial charge in [-0.2, -0.15) is 0 Å². The van der Waals surface area contributed by atoms with E-state index in [0.29, 0.717) is 11.7 Å². The Morgan fingerprint density at radius 1 is 1.24 bits per heavy atom. The quantitative estimate of drug-likeness (QED) is 0.572. The van der Waals surface area contributed by atoms with E-state index in [-0.39, 0.29) is 5.91 Å². The van der Waals surface area contributed by atoms with Crippen molar-refractivity contribution < 1.29 is 13.9 Å². The van der Waals surface area contributed by atoms with Crippen LogP contribution in [-0.2, 0) is 11.2 Å². The standard InChI is InChI=1S/C22H23N3O3S/c1-27-18-6-4-16(5-7-18)15-20-23-24-22(29-20)17-10-12-25(13-11-17)21(26)9-8-19-3-2-14-28-19/h2-9,14,17H,10-13,15H2,1H3/b9-8+. The first-order valence-corrected chi connectivity index (χ1v) is 10.5. The van der Waals surface area contributed by atoms with Gasteiger partial charge in [-0.1, -0.05) is 12.1 Å². The third-order valence-electron chi connectivity index (χ3n) is 5.09. The van der Waals surface area contributed by atoms with E-state index in [1.54, 1.807) is 42.9 Å². The smallest absolute Gasteiger partial charge is 0.246 e. The van der Waals surface area contributed by atoms with E-state index < -0.39 is 0 Å². The van der Waals surface area contributed by atoms with Gasteiger partial charge < -0.3 is 14.1 Å². The summed E-state index contributed by atoms with van der Waals surface area (Å²) in [6.07, 6.45) is 7.49. The number of methoxy groups -OCH3 is 1. The number of hydrogen-bond donors (Lipinski definition) is 0. The van der Waals surface area contributed by atoms with Crippen molar-refractivity contribution in [2.24, 2.45) is 0 Å². The molecule has 0 N–H and O–H groups in total. The summed E-state index contributed by atoms with van der Waals surface area (Å²) < 4.78 is 10.4. The minimum absolute atomic E-state index is 0.0253. The molecule has 1 aliphatic rings. The molecule has 3 heterocycles. The number of carbonyl (C=O) groups is 1. The monoisotopic (exact) mass is 409 g/mol. The number of carbonyl (C=O) groups excluding carboxylic acids is 1. The van der Waals surface area contributed by atoms with Crippen molar-refractivity contribution in [2.75, 3.05) is 20.2 Å². The largest absolute Gasteiger partial charge is 0.497 e. The van der Waals surface area contributed by atoms with Gasteiger partial charge in [0.25, 0.3) is 0 Å². The zero-order chi connectivity index (χ0) is 20.1. The van der Waals surface area contributed by atoms with E-state index in [2.05, 4.69) is 22.3 Å². The van der Waals surface area contributed by atoms with Crippen LogP contribution in [0.4, 0.5) is 0 Å². The molecular weight excluding hydrogens is 386 g/mol. The normalized spacial score (nSPS) is 15.1. The van der Waals surface area contributed by atoms with Gasteiger partial charge in [-0.15, -0.1) is 21.5 Å². The molecule has 0 spiro atoms. The molecule has 1 amide bonds. The van der Waals surface area contributed by atoms with E-state index in [0.717, 1.165) is 48.1 Å². The number of piperidine rings is 1. The third-order valence-corrected chi connectivity index (χ3v) is 6.17. The molecule has 0 aliphatic carbocycles. The van der Waals surface area contributed by atoms with Gasteiger partial charge in [0, 0.05) is 31.5 Å². The van der Waals surface area contributed by atoms with Crippen molar-refractivity contribution >= 4 is 23.3 Å². The van der Waals surface area contributed by atoms with Gasteiger partial charge in [0.1, 0.15) is 21.5 Å². The van der Waals surface area contributed by atoms with Crippen LogP contribution < -0.4 is 4.74 Å². The van der Waals surface area contributed by atoms with E-state index >= 15 is 0 Å². The number of aromatic nitrogens is 2. The summed E-state index contributed by atoms with van der Waals surface area (Å²) >= 11 is 1.68. The summed E-state index contributed by atoms with van der Waals surface area (Å²) in [5.41, 5.74) is 1.19. The van der Waals surface area contributed by atoms with Crippen LogP contribution in [0.15, 0.2) is 53.2 Å². The molecule has 1 aromatic carbocycles. The molecule has 150 valence electrons. The van der Waals surface area contributed by atoms with E-state index in [9.17, 15) is 4.79 Å². The van der Waals surface area contributed by atoms with Crippen molar-refractivity contribution in [3.8, 4) is 5.75 Å². The summed E-state index contributed by atoms with van der Waals surface area (Å²) in [6, 6.07) is 11.7. The van der Waals surface area contributed by atoms with Crippen LogP contribution in [-0.4, -0.2) is 41.2 Å². The molecule has 4 rings (SSSR count). The SMILES string of the molecule is COc1ccc(Cc2nnc(C3CCN(C(=O)/C=C/c4ccco4)CC3)s2)cc1. The molecule has 1 saturated heterocycles. The maximum Gasteiger partial charge on any atom is 0.246 e. The summed E-state index contributed by atoms with van der Waals surface area (Å²) in [5.74, 6) is 1.94. The Kier molecular flexibility index (Phi) is 6.05. The number of benzene rings is 1. The van der Waals surface area contributed by atoms with Gasteiger partial charge >= 0.3 is 0 Å². The Morgan fingerprint density at radius 2 is 2.03 bits per heavy atom. The molecule has 6 nitrogen and oxygen atoms in total. The molecule has 0 atom stereocenters. The van der Waals surface area contributed by atoms with Crippen LogP contribution in [0, 0.1) is 0 Å². The van der Waals surface area contributed by atoms with Gasteiger partial charge in [0.15, 0.2) is 0 Å². The average molecular weight is 410 g/mol. The average Bonchev–Trinajstić information content (AvgIpc) is 3.45. The topological polar surface area (TPSA) is 68.5 Å². The second kappa shape index (κ2) is 9.05. The molecule has 2 aromatic heterocycles. The van der Waals surface area contributed by atoms with Crippen LogP contribution in [0.5, 0.6) is 5.75 Å². The molecule has 0 radical (unpaired) electrons. The fourth-order valence-electron chi connectivity index (χ4n) is 3.41. The zero-order valence-corrected chi connectivity index (χ0v) is 17.1. The van der Waals surface area contributed by atoms with Gasteiger partial charge in [-0.25, -0.2) is 0 Å². The number of rotatable bonds is 6. The number of hydrogen-bond acceptors (Lipinski definition) is 6. The van der Waals surface area contributed by atoms with Gasteiger partial charge in [0.2, 0.25) is 5.91 Å². The second-order valence-electron chi connectivity index (χ2n) is 7.01. The maximum atomic E-state index is 12.4. The van der Waals surface area contributed by atoms with Crippen LogP contribution in [0.2, 0.25) is 0 Å². The van der Waals surface area contributed by atoms with E-state index in [1.165, 1.54) is 5.56 Å². The van der Waals surface area contributed by atoms with Crippen LogP contribution >= 0.6 is 11.3 Å². The molecule has 7 heteroatoms. The summed E-state index contributed by atoms with van der Waals surface area (Å²) in [5, 5.41) is 10.9. The van der Waals surface area contributed by atoms with Crippen molar-refractivity contribution in [3.05, 3.63) is 70.1 Å². The number of amides is 1. The summed E-state index contributed by atoms with van der Waals surface area (Å²) in [4.78, 5) is 14.2. The number of nitrogens with zero attached hydrogens (tertiary/aromatic N) is 3. The lowest BCUT2D eigenvalue weighted by molar-refractivity contribution is -0.126. The van der Waals surface area contributed by atoms with Crippen molar-refractivity contribution in [3.63, 3.8) is 0 Å². The predicted octanol–water partition coefficient (Wildman–Crippen LogP) is 4.15. The number of likely N-dealkylation sites (tertiary alicyclic amines) is 1. The highest BCUT2D eigenvalue weighted by Gasteiger charge is 2.25. The first kappa shape index (κ1) is 19.4. The molecule has 1 aliphatic heterocycles. The Hall–Kier alpha value is -2.93. The van der Waals surface area contributed by atoms with Gasteiger partial charge in [0.05, 0.1) is 13.4 Å². The highest BCUT2D eigenvalue weighted by molar-refractivity contribution is 7.11. The molecule has 29 heavy (non-hydrogen) atoms. The molecule has 3 aromatic rings. The highest BCUT2D eigenvalue weighted by atomic mass is 32.1. The first-order valence-electron chi connectivity index (χ1n) is 9.67. The third kappa shape index (κ3) is 4.92. The highest BCUT2D eigenvalue weighted by Crippen LogP contribution is 2.31. The predicted molar refractivity (Wildman–Crippen MR) is 112 cm³/mol. The lowest BCUT2D eigenvalue weighted by atomic mass is 9.97. The fraction of sp³-hybridized carbons (Fsp3) is 0.318. The Balaban J connectivity index is 1.30. The van der Waals surface area contributed by atoms with Crippen molar-refractivity contribution in [2.45, 2.75) is 25.2 Å². The summed E-state index contributed by atoms with van der Waals surface area (Å²) in [7, 11) is 1.67. The Labute approximate surface area is 173 Å². The molecule has 1 fully saturated rings. The van der Waals surface area contributed by atoms with Crippen molar-refractivity contribution in [1.29, 1.82) is 0 Å². The first-order chi connectivity index (χ1) is 14.2. The molecule has 0 unspecified atom stereocenters. The Morgan fingerprint density at radius 3 is 2.72 bits per heavy atom. The lowest BCUT2D eigenvalue weighted by Gasteiger charge is -2.30. The van der Waals surface area contributed by atoms with Crippen LogP contribution in [0.3, 0.4) is 0 Å². The van der Waals surface area contributed by atoms with Crippen LogP contribution in [0.1, 0.15) is 40.1 Å². The number of ether oxygens (including phenoxy) is 1. The molecule has 0 bridgehead atoms. The minimum Gasteiger partial charge on any atom is -0.497 e. The fourth-order valence-corrected chi connectivity index (χ4v) is 4.46. The Bertz CT molecular complexity index is 956. The van der Waals surface area contributed by atoms with Gasteiger partial charge in [-0.05, 0) is 48.7 Å². The van der Waals surface area contributed by atoms with E-state index in [4.69, 9.17) is 9.15 Å². The van der Waals surface area contributed by atoms with Crippen molar-refractivity contribution in [1.82, 2.24) is 15.1 Å². The van der Waals surface area contributed by atoms with E-state index in [1.807, 2.05) is 23.1 Å². The summed E-state index contributed by atoms with van der Waals surface area (Å²) in [6.45, 7) is 1.47. The second-order valence-corrected chi connectivity index (χ2v) is 8.10. The minimum atomic E-state index is 0.0253. The molecular formula is C22H23N3O3S. The van der Waals surface area contributed by atoms with Crippen LogP contribution in [0.25, 0.3) is 6.08 Å². The number of furan rings is 1.